The zero-order valence-corrected chi connectivity index (χ0v) is 16.4. The first-order valence-electron chi connectivity index (χ1n) is 10.8. The molecule has 0 bridgehead atoms. The van der Waals surface area contributed by atoms with Crippen LogP contribution in [-0.4, -0.2) is 17.3 Å². The van der Waals surface area contributed by atoms with E-state index in [0.717, 1.165) is 25.7 Å². The van der Waals surface area contributed by atoms with E-state index in [0.29, 0.717) is 23.5 Å². The largest absolute Gasteiger partial charge is 0.298 e. The third kappa shape index (κ3) is 1.71. The highest BCUT2D eigenvalue weighted by Crippen LogP contribution is 2.92. The molecule has 4 aliphatic rings. The molecule has 4 aliphatic carbocycles. The molecule has 0 N–H and O–H groups in total. The Bertz CT molecular complexity index is 1040. The number of Topliss-reactive ketones (excluding diaryl/α,β-unsaturated/α-hetero) is 3. The van der Waals surface area contributed by atoms with Crippen LogP contribution in [0.25, 0.3) is 0 Å². The average molecular weight is 384 g/mol. The molecule has 146 valence electrons. The molecule has 2 aromatic carbocycles. The number of benzene rings is 2. The first-order chi connectivity index (χ1) is 14.1. The minimum Gasteiger partial charge on any atom is -0.298 e. The van der Waals surface area contributed by atoms with E-state index in [1.807, 2.05) is 48.5 Å². The molecule has 0 saturated heterocycles. The highest BCUT2D eigenvalue weighted by atomic mass is 16.2. The summed E-state index contributed by atoms with van der Waals surface area (Å²) in [4.78, 5) is 41.6. The van der Waals surface area contributed by atoms with Crippen LogP contribution in [0.2, 0.25) is 0 Å². The van der Waals surface area contributed by atoms with Gasteiger partial charge in [0.1, 0.15) is 11.2 Å². The molecule has 4 fully saturated rings. The molecule has 0 amide bonds. The van der Waals surface area contributed by atoms with Gasteiger partial charge in [-0.2, -0.15) is 0 Å². The molecule has 1 spiro atoms. The number of fused-ring (bicyclic) bond motifs is 1. The van der Waals surface area contributed by atoms with Crippen LogP contribution in [0.15, 0.2) is 60.7 Å². The average Bonchev–Trinajstić information content (AvgIpc) is 3.23. The van der Waals surface area contributed by atoms with Gasteiger partial charge >= 0.3 is 0 Å². The van der Waals surface area contributed by atoms with Gasteiger partial charge in [-0.05, 0) is 36.5 Å². The molecule has 3 nitrogen and oxygen atoms in total. The van der Waals surface area contributed by atoms with E-state index in [1.165, 1.54) is 6.42 Å². The van der Waals surface area contributed by atoms with Crippen molar-refractivity contribution in [1.82, 2.24) is 0 Å². The molecule has 4 saturated carbocycles. The number of carbonyl (C=O) groups is 3. The third-order valence-electron chi connectivity index (χ3n) is 8.80. The minimum atomic E-state index is -1.13. The summed E-state index contributed by atoms with van der Waals surface area (Å²) in [6.07, 6.45) is 5.47. The first-order valence-corrected chi connectivity index (χ1v) is 10.8. The normalized spacial score (nSPS) is 39.0. The second-order valence-electron chi connectivity index (χ2n) is 9.49. The summed E-state index contributed by atoms with van der Waals surface area (Å²) >= 11 is 0. The lowest BCUT2D eigenvalue weighted by Crippen LogP contribution is -2.43. The Labute approximate surface area is 170 Å². The zero-order valence-electron chi connectivity index (χ0n) is 16.4. The molecule has 0 aliphatic heterocycles. The lowest BCUT2D eigenvalue weighted by Gasteiger charge is -2.43. The smallest absolute Gasteiger partial charge is 0.177 e. The van der Waals surface area contributed by atoms with Crippen LogP contribution >= 0.6 is 0 Å². The van der Waals surface area contributed by atoms with Gasteiger partial charge in [0.05, 0.1) is 5.41 Å². The summed E-state index contributed by atoms with van der Waals surface area (Å²) in [5.41, 5.74) is -1.05. The van der Waals surface area contributed by atoms with Gasteiger partial charge in [0.2, 0.25) is 0 Å². The molecule has 3 heteroatoms. The lowest BCUT2D eigenvalue weighted by atomic mass is 9.58. The van der Waals surface area contributed by atoms with E-state index >= 15 is 0 Å². The fourth-order valence-corrected chi connectivity index (χ4v) is 7.98. The standard InChI is InChI=1S/C26H24O3/c27-21-16-24-14-8-7-13-19(24)15-20-25(21,22(28)17-9-3-1-4-10-17)26(20,24)23(29)18-11-5-2-6-12-18/h1-6,9-12,19-20H,7-8,13-16H2/t19-,20?,24?,25-,26-/m1/s1. The fourth-order valence-electron chi connectivity index (χ4n) is 7.98. The molecular weight excluding hydrogens is 360 g/mol. The fraction of sp³-hybridized carbons (Fsp3) is 0.423. The second kappa shape index (κ2) is 5.53. The van der Waals surface area contributed by atoms with Gasteiger partial charge in [0.25, 0.3) is 0 Å². The molecule has 29 heavy (non-hydrogen) atoms. The summed E-state index contributed by atoms with van der Waals surface area (Å²) < 4.78 is 0. The van der Waals surface area contributed by atoms with Crippen LogP contribution in [-0.2, 0) is 4.79 Å². The van der Waals surface area contributed by atoms with Gasteiger partial charge in [0, 0.05) is 17.5 Å². The summed E-state index contributed by atoms with van der Waals surface area (Å²) in [7, 11) is 0. The Morgan fingerprint density at radius 1 is 0.828 bits per heavy atom. The van der Waals surface area contributed by atoms with Gasteiger partial charge in [-0.1, -0.05) is 73.5 Å². The van der Waals surface area contributed by atoms with E-state index in [4.69, 9.17) is 0 Å². The molecule has 6 rings (SSSR count). The highest BCUT2D eigenvalue weighted by Gasteiger charge is 2.98. The summed E-state index contributed by atoms with van der Waals surface area (Å²) in [6.45, 7) is 0. The van der Waals surface area contributed by atoms with Crippen LogP contribution in [0.5, 0.6) is 0 Å². The highest BCUT2D eigenvalue weighted by molar-refractivity contribution is 6.28. The first kappa shape index (κ1) is 17.3. The van der Waals surface area contributed by atoms with Crippen LogP contribution in [0, 0.1) is 28.1 Å². The monoisotopic (exact) mass is 384 g/mol. The lowest BCUT2D eigenvalue weighted by molar-refractivity contribution is -0.122. The number of hydrogen-bond donors (Lipinski definition) is 0. The Morgan fingerprint density at radius 3 is 2.10 bits per heavy atom. The second-order valence-corrected chi connectivity index (χ2v) is 9.49. The summed E-state index contributed by atoms with van der Waals surface area (Å²) in [5, 5.41) is 0. The van der Waals surface area contributed by atoms with Crippen LogP contribution in [0.4, 0.5) is 0 Å². The SMILES string of the molecule is O=C1CC23CCCC[C@@H]2CC2[C@@]1(C(=O)c1ccccc1)[C@@]23C(=O)c1ccccc1. The van der Waals surface area contributed by atoms with Crippen molar-refractivity contribution >= 4 is 17.3 Å². The summed E-state index contributed by atoms with van der Waals surface area (Å²) in [5.74, 6) is 0.239. The van der Waals surface area contributed by atoms with E-state index in [1.54, 1.807) is 12.1 Å². The predicted molar refractivity (Wildman–Crippen MR) is 109 cm³/mol. The maximum absolute atomic E-state index is 14.1. The van der Waals surface area contributed by atoms with Crippen LogP contribution in [0.1, 0.15) is 59.2 Å². The Kier molecular flexibility index (Phi) is 3.30. The van der Waals surface area contributed by atoms with E-state index in [9.17, 15) is 14.4 Å². The maximum Gasteiger partial charge on any atom is 0.177 e. The Morgan fingerprint density at radius 2 is 1.45 bits per heavy atom. The van der Waals surface area contributed by atoms with Crippen molar-refractivity contribution in [1.29, 1.82) is 0 Å². The Balaban J connectivity index is 1.57. The number of hydrogen-bond acceptors (Lipinski definition) is 3. The summed E-state index contributed by atoms with van der Waals surface area (Å²) in [6, 6.07) is 18.5. The molecule has 2 aromatic rings. The van der Waals surface area contributed by atoms with Crippen molar-refractivity contribution in [3.63, 3.8) is 0 Å². The Hall–Kier alpha value is -2.55. The number of rotatable bonds is 4. The molecule has 0 radical (unpaired) electrons. The van der Waals surface area contributed by atoms with Crippen LogP contribution < -0.4 is 0 Å². The molecule has 0 aromatic heterocycles. The van der Waals surface area contributed by atoms with E-state index in [2.05, 4.69) is 0 Å². The van der Waals surface area contributed by atoms with Gasteiger partial charge in [-0.3, -0.25) is 14.4 Å². The van der Waals surface area contributed by atoms with Crippen molar-refractivity contribution in [3.05, 3.63) is 71.8 Å². The number of carbonyl (C=O) groups excluding carboxylic acids is 3. The van der Waals surface area contributed by atoms with E-state index < -0.39 is 10.8 Å². The predicted octanol–water partition coefficient (Wildman–Crippen LogP) is 4.91. The molecule has 0 heterocycles. The third-order valence-corrected chi connectivity index (χ3v) is 8.80. The maximum atomic E-state index is 14.1. The van der Waals surface area contributed by atoms with Gasteiger partial charge < -0.3 is 0 Å². The molecular formula is C26H24O3. The van der Waals surface area contributed by atoms with Crippen molar-refractivity contribution in [2.45, 2.75) is 38.5 Å². The molecule has 2 unspecified atom stereocenters. The quantitative estimate of drug-likeness (QED) is 0.556. The molecule has 5 atom stereocenters. The van der Waals surface area contributed by atoms with Gasteiger partial charge in [-0.15, -0.1) is 0 Å². The topological polar surface area (TPSA) is 51.2 Å². The zero-order chi connectivity index (χ0) is 19.9. The van der Waals surface area contributed by atoms with Crippen LogP contribution in [0.3, 0.4) is 0 Å². The van der Waals surface area contributed by atoms with E-state index in [-0.39, 0.29) is 28.7 Å². The van der Waals surface area contributed by atoms with Gasteiger partial charge in [-0.25, -0.2) is 0 Å². The van der Waals surface area contributed by atoms with Gasteiger partial charge in [0.15, 0.2) is 11.6 Å². The van der Waals surface area contributed by atoms with Crippen molar-refractivity contribution in [2.24, 2.45) is 28.1 Å². The minimum absolute atomic E-state index is 0.0324. The van der Waals surface area contributed by atoms with Crippen molar-refractivity contribution in [2.75, 3.05) is 0 Å². The van der Waals surface area contributed by atoms with Crippen molar-refractivity contribution < 1.29 is 14.4 Å². The number of ketones is 3. The van der Waals surface area contributed by atoms with Crippen molar-refractivity contribution in [3.8, 4) is 0 Å².